The molecule has 1 atom stereocenters. The van der Waals surface area contributed by atoms with Crippen LogP contribution in [0.3, 0.4) is 0 Å². The van der Waals surface area contributed by atoms with Gasteiger partial charge in [0.1, 0.15) is 11.9 Å². The number of aliphatic hydroxyl groups excluding tert-OH is 1. The second kappa shape index (κ2) is 5.11. The van der Waals surface area contributed by atoms with Crippen LogP contribution in [-0.2, 0) is 6.18 Å². The molecule has 0 aliphatic carbocycles. The molecule has 0 aliphatic rings. The molecule has 2 aromatic rings. The van der Waals surface area contributed by atoms with Crippen molar-refractivity contribution < 1.29 is 22.7 Å². The van der Waals surface area contributed by atoms with Crippen molar-refractivity contribution in [2.75, 3.05) is 0 Å². The molecule has 1 aromatic heterocycles. The van der Waals surface area contributed by atoms with Gasteiger partial charge in [0.15, 0.2) is 0 Å². The van der Waals surface area contributed by atoms with Gasteiger partial charge in [-0.3, -0.25) is 0 Å². The van der Waals surface area contributed by atoms with Crippen LogP contribution in [0.5, 0.6) is 0 Å². The Morgan fingerprint density at radius 3 is 2.42 bits per heavy atom. The summed E-state index contributed by atoms with van der Waals surface area (Å²) in [5, 5.41) is 11.7. The van der Waals surface area contributed by atoms with Crippen LogP contribution in [-0.4, -0.2) is 5.11 Å². The van der Waals surface area contributed by atoms with Crippen molar-refractivity contribution in [2.24, 2.45) is 0 Å². The number of hydrogen-bond acceptors (Lipinski definition) is 2. The van der Waals surface area contributed by atoms with Crippen LogP contribution in [0.1, 0.15) is 22.1 Å². The first-order chi connectivity index (χ1) is 8.80. The Hall–Kier alpha value is -1.11. The fourth-order valence-electron chi connectivity index (χ4n) is 1.57. The van der Waals surface area contributed by atoms with Crippen LogP contribution in [0.25, 0.3) is 0 Å². The standard InChI is InChI=1S/C12H7ClF4OS/c13-8-3-4-19-11(8)10(18)7-5-6(12(15,16)17)1-2-9(7)14/h1-5,10,18H. The fourth-order valence-corrected chi connectivity index (χ4v) is 2.73. The Labute approximate surface area is 115 Å². The zero-order chi connectivity index (χ0) is 14.2. The van der Waals surface area contributed by atoms with Crippen molar-refractivity contribution in [3.05, 3.63) is 56.5 Å². The van der Waals surface area contributed by atoms with Gasteiger partial charge in [-0.25, -0.2) is 4.39 Å². The summed E-state index contributed by atoms with van der Waals surface area (Å²) < 4.78 is 51.2. The van der Waals surface area contributed by atoms with E-state index < -0.39 is 29.2 Å². The highest BCUT2D eigenvalue weighted by Gasteiger charge is 2.32. The van der Waals surface area contributed by atoms with Gasteiger partial charge < -0.3 is 5.11 Å². The second-order valence-electron chi connectivity index (χ2n) is 3.77. The van der Waals surface area contributed by atoms with E-state index in [2.05, 4.69) is 0 Å². The van der Waals surface area contributed by atoms with Crippen LogP contribution < -0.4 is 0 Å². The van der Waals surface area contributed by atoms with Gasteiger partial charge >= 0.3 is 6.18 Å². The number of rotatable bonds is 2. The predicted octanol–water partition coefficient (Wildman–Crippen LogP) is 4.64. The zero-order valence-corrected chi connectivity index (χ0v) is 10.8. The maximum absolute atomic E-state index is 13.6. The van der Waals surface area contributed by atoms with E-state index in [-0.39, 0.29) is 9.90 Å². The Balaban J connectivity index is 2.47. The summed E-state index contributed by atoms with van der Waals surface area (Å²) >= 11 is 6.82. The Morgan fingerprint density at radius 1 is 1.21 bits per heavy atom. The van der Waals surface area contributed by atoms with Crippen molar-refractivity contribution >= 4 is 22.9 Å². The molecule has 0 spiro atoms. The van der Waals surface area contributed by atoms with E-state index in [1.807, 2.05) is 0 Å². The van der Waals surface area contributed by atoms with Crippen molar-refractivity contribution in [3.8, 4) is 0 Å². The Morgan fingerprint density at radius 2 is 1.89 bits per heavy atom. The quantitative estimate of drug-likeness (QED) is 0.801. The summed E-state index contributed by atoms with van der Waals surface area (Å²) in [6, 6.07) is 3.39. The van der Waals surface area contributed by atoms with Gasteiger partial charge in [0.25, 0.3) is 0 Å². The molecule has 0 amide bonds. The van der Waals surface area contributed by atoms with E-state index >= 15 is 0 Å². The number of halogens is 5. The number of alkyl halides is 3. The highest BCUT2D eigenvalue weighted by Crippen LogP contribution is 2.37. The minimum atomic E-state index is -4.60. The molecule has 19 heavy (non-hydrogen) atoms. The highest BCUT2D eigenvalue weighted by atomic mass is 35.5. The summed E-state index contributed by atoms with van der Waals surface area (Å²) in [6.45, 7) is 0. The molecule has 0 bridgehead atoms. The van der Waals surface area contributed by atoms with Crippen molar-refractivity contribution in [2.45, 2.75) is 12.3 Å². The molecule has 0 radical (unpaired) electrons. The summed E-state index contributed by atoms with van der Waals surface area (Å²) in [5.74, 6) is -0.912. The summed E-state index contributed by atoms with van der Waals surface area (Å²) in [6.07, 6.45) is -6.11. The summed E-state index contributed by atoms with van der Waals surface area (Å²) in [4.78, 5) is 0.208. The average Bonchev–Trinajstić information content (AvgIpc) is 2.73. The summed E-state index contributed by atoms with van der Waals surface area (Å²) in [5.41, 5.74) is -1.46. The molecule has 0 aliphatic heterocycles. The molecular weight excluding hydrogens is 304 g/mol. The SMILES string of the molecule is OC(c1cc(C(F)(F)F)ccc1F)c1sccc1Cl. The molecule has 1 unspecified atom stereocenters. The first-order valence-corrected chi connectivity index (χ1v) is 6.34. The third-order valence-electron chi connectivity index (χ3n) is 2.51. The Bertz CT molecular complexity index is 594. The van der Waals surface area contributed by atoms with Crippen LogP contribution in [0, 0.1) is 5.82 Å². The fraction of sp³-hybridized carbons (Fsp3) is 0.167. The van der Waals surface area contributed by atoms with Gasteiger partial charge in [-0.05, 0) is 29.6 Å². The third kappa shape index (κ3) is 2.91. The third-order valence-corrected chi connectivity index (χ3v) is 3.92. The first kappa shape index (κ1) is 14.3. The smallest absolute Gasteiger partial charge is 0.383 e. The molecule has 1 nitrogen and oxygen atoms in total. The molecule has 0 saturated carbocycles. The predicted molar refractivity (Wildman–Crippen MR) is 64.8 cm³/mol. The molecule has 1 aromatic carbocycles. The lowest BCUT2D eigenvalue weighted by atomic mass is 10.0. The van der Waals surface area contributed by atoms with Crippen LogP contribution >= 0.6 is 22.9 Å². The van der Waals surface area contributed by atoms with Crippen LogP contribution in [0.2, 0.25) is 5.02 Å². The van der Waals surface area contributed by atoms with E-state index in [1.165, 1.54) is 6.07 Å². The largest absolute Gasteiger partial charge is 0.416 e. The van der Waals surface area contributed by atoms with E-state index in [0.29, 0.717) is 18.2 Å². The van der Waals surface area contributed by atoms with Gasteiger partial charge in [0, 0.05) is 5.56 Å². The molecule has 1 N–H and O–H groups in total. The second-order valence-corrected chi connectivity index (χ2v) is 5.12. The maximum atomic E-state index is 13.6. The van der Waals surface area contributed by atoms with E-state index in [0.717, 1.165) is 11.3 Å². The number of hydrogen-bond donors (Lipinski definition) is 1. The van der Waals surface area contributed by atoms with Gasteiger partial charge in [-0.2, -0.15) is 13.2 Å². The zero-order valence-electron chi connectivity index (χ0n) is 9.21. The van der Waals surface area contributed by atoms with Crippen molar-refractivity contribution in [1.82, 2.24) is 0 Å². The monoisotopic (exact) mass is 310 g/mol. The van der Waals surface area contributed by atoms with Gasteiger partial charge in [-0.15, -0.1) is 11.3 Å². The van der Waals surface area contributed by atoms with Crippen molar-refractivity contribution in [1.29, 1.82) is 0 Å². The van der Waals surface area contributed by atoms with Gasteiger partial charge in [0.2, 0.25) is 0 Å². The number of benzene rings is 1. The minimum absolute atomic E-state index is 0.189. The first-order valence-electron chi connectivity index (χ1n) is 5.08. The lowest BCUT2D eigenvalue weighted by Gasteiger charge is -2.14. The number of aliphatic hydroxyl groups is 1. The van der Waals surface area contributed by atoms with E-state index in [9.17, 15) is 22.7 Å². The lowest BCUT2D eigenvalue weighted by molar-refractivity contribution is -0.137. The van der Waals surface area contributed by atoms with E-state index in [1.54, 1.807) is 5.38 Å². The van der Waals surface area contributed by atoms with Crippen molar-refractivity contribution in [3.63, 3.8) is 0 Å². The molecule has 2 rings (SSSR count). The lowest BCUT2D eigenvalue weighted by Crippen LogP contribution is -2.09. The summed E-state index contributed by atoms with van der Waals surface area (Å²) in [7, 11) is 0. The Kier molecular flexibility index (Phi) is 3.85. The van der Waals surface area contributed by atoms with Crippen LogP contribution in [0.15, 0.2) is 29.6 Å². The molecule has 0 fully saturated rings. The average molecular weight is 311 g/mol. The van der Waals surface area contributed by atoms with E-state index in [4.69, 9.17) is 11.6 Å². The normalized spacial score (nSPS) is 13.6. The molecule has 7 heteroatoms. The van der Waals surface area contributed by atoms with Gasteiger partial charge in [0.05, 0.1) is 15.5 Å². The topological polar surface area (TPSA) is 20.2 Å². The molecule has 102 valence electrons. The number of thiophene rings is 1. The molecule has 1 heterocycles. The van der Waals surface area contributed by atoms with Crippen LogP contribution in [0.4, 0.5) is 17.6 Å². The minimum Gasteiger partial charge on any atom is -0.383 e. The molecular formula is C12H7ClF4OS. The highest BCUT2D eigenvalue weighted by molar-refractivity contribution is 7.10. The molecule has 0 saturated heterocycles. The van der Waals surface area contributed by atoms with Gasteiger partial charge in [-0.1, -0.05) is 11.6 Å². The maximum Gasteiger partial charge on any atom is 0.416 e.